The third-order valence-electron chi connectivity index (χ3n) is 2.69. The lowest BCUT2D eigenvalue weighted by molar-refractivity contribution is -0.394. The van der Waals surface area contributed by atoms with E-state index < -0.39 is 27.0 Å². The number of nitrogens with zero attached hydrogens (tertiary/aromatic N) is 2. The number of nitro groups is 2. The molecule has 0 N–H and O–H groups in total. The standard InChI is InChI=1S/C13H9FN2O5/c14-11-4-2-1-3-9(11)8-21-13-6-5-10(15(17)18)7-12(13)16(19)20/h1-7H,8H2. The van der Waals surface area contributed by atoms with Crippen LogP contribution < -0.4 is 4.74 Å². The smallest absolute Gasteiger partial charge is 0.317 e. The van der Waals surface area contributed by atoms with Crippen molar-refractivity contribution < 1.29 is 19.0 Å². The second kappa shape index (κ2) is 5.95. The lowest BCUT2D eigenvalue weighted by Gasteiger charge is -2.07. The highest BCUT2D eigenvalue weighted by Gasteiger charge is 2.20. The van der Waals surface area contributed by atoms with Crippen molar-refractivity contribution in [3.63, 3.8) is 0 Å². The third-order valence-corrected chi connectivity index (χ3v) is 2.69. The number of hydrogen-bond acceptors (Lipinski definition) is 5. The Bertz CT molecular complexity index is 705. The monoisotopic (exact) mass is 292 g/mol. The van der Waals surface area contributed by atoms with Crippen LogP contribution in [0, 0.1) is 26.0 Å². The number of benzene rings is 2. The van der Waals surface area contributed by atoms with Crippen molar-refractivity contribution in [3.05, 3.63) is 74.1 Å². The normalized spacial score (nSPS) is 10.1. The Morgan fingerprint density at radius 2 is 1.76 bits per heavy atom. The zero-order valence-electron chi connectivity index (χ0n) is 10.6. The minimum atomic E-state index is -0.788. The van der Waals surface area contributed by atoms with Gasteiger partial charge in [0.25, 0.3) is 5.69 Å². The zero-order chi connectivity index (χ0) is 15.4. The van der Waals surface area contributed by atoms with Crippen LogP contribution in [-0.4, -0.2) is 9.85 Å². The molecule has 0 heterocycles. The van der Waals surface area contributed by atoms with Crippen LogP contribution >= 0.6 is 0 Å². The van der Waals surface area contributed by atoms with Gasteiger partial charge in [0.15, 0.2) is 5.75 Å². The molecule has 0 atom stereocenters. The summed E-state index contributed by atoms with van der Waals surface area (Å²) in [6.45, 7) is -0.217. The molecule has 7 nitrogen and oxygen atoms in total. The molecule has 2 aromatic carbocycles. The van der Waals surface area contributed by atoms with Crippen molar-refractivity contribution in [2.75, 3.05) is 0 Å². The van der Waals surface area contributed by atoms with Crippen LogP contribution in [0.4, 0.5) is 15.8 Å². The SMILES string of the molecule is O=[N+]([O-])c1ccc(OCc2ccccc2F)c([N+](=O)[O-])c1. The minimum Gasteiger partial charge on any atom is -0.482 e. The first-order valence-electron chi connectivity index (χ1n) is 5.78. The first-order valence-corrected chi connectivity index (χ1v) is 5.78. The van der Waals surface area contributed by atoms with E-state index in [4.69, 9.17) is 4.74 Å². The van der Waals surface area contributed by atoms with E-state index >= 15 is 0 Å². The third kappa shape index (κ3) is 3.30. The number of non-ortho nitro benzene ring substituents is 1. The molecular formula is C13H9FN2O5. The molecule has 0 aliphatic heterocycles. The lowest BCUT2D eigenvalue weighted by atomic mass is 10.2. The molecule has 108 valence electrons. The molecule has 0 bridgehead atoms. The van der Waals surface area contributed by atoms with Crippen LogP contribution in [0.2, 0.25) is 0 Å². The molecule has 0 aliphatic carbocycles. The molecule has 2 rings (SSSR count). The minimum absolute atomic E-state index is 0.158. The van der Waals surface area contributed by atoms with Gasteiger partial charge < -0.3 is 4.74 Å². The van der Waals surface area contributed by atoms with E-state index in [9.17, 15) is 24.6 Å². The maximum absolute atomic E-state index is 13.4. The maximum atomic E-state index is 13.4. The summed E-state index contributed by atoms with van der Waals surface area (Å²) in [5, 5.41) is 21.5. The molecule has 0 amide bonds. The predicted octanol–water partition coefficient (Wildman–Crippen LogP) is 3.22. The summed E-state index contributed by atoms with van der Waals surface area (Å²) in [4.78, 5) is 20.0. The Morgan fingerprint density at radius 3 is 2.38 bits per heavy atom. The summed E-state index contributed by atoms with van der Waals surface area (Å²) in [5.41, 5.74) is -0.731. The van der Waals surface area contributed by atoms with Gasteiger partial charge in [0.1, 0.15) is 12.4 Å². The Morgan fingerprint density at radius 1 is 1.05 bits per heavy atom. The second-order valence-electron chi connectivity index (χ2n) is 4.05. The van der Waals surface area contributed by atoms with E-state index in [1.165, 1.54) is 18.2 Å². The van der Waals surface area contributed by atoms with Gasteiger partial charge in [-0.2, -0.15) is 0 Å². The van der Waals surface area contributed by atoms with E-state index in [-0.39, 0.29) is 17.9 Å². The van der Waals surface area contributed by atoms with Gasteiger partial charge in [-0.15, -0.1) is 0 Å². The molecule has 0 unspecified atom stereocenters. The van der Waals surface area contributed by atoms with Gasteiger partial charge in [-0.05, 0) is 12.1 Å². The van der Waals surface area contributed by atoms with Gasteiger partial charge in [-0.1, -0.05) is 18.2 Å². The summed E-state index contributed by atoms with van der Waals surface area (Å²) < 4.78 is 18.6. The molecule has 8 heteroatoms. The van der Waals surface area contributed by atoms with Crippen LogP contribution in [0.25, 0.3) is 0 Å². The first kappa shape index (κ1) is 14.4. The zero-order valence-corrected chi connectivity index (χ0v) is 10.6. The Labute approximate surface area is 117 Å². The highest BCUT2D eigenvalue weighted by molar-refractivity contribution is 5.53. The van der Waals surface area contributed by atoms with E-state index in [1.807, 2.05) is 0 Å². The van der Waals surface area contributed by atoms with Gasteiger partial charge in [0, 0.05) is 11.6 Å². The average molecular weight is 292 g/mol. The Hall–Kier alpha value is -3.03. The number of halogens is 1. The molecule has 0 saturated heterocycles. The molecule has 0 fully saturated rings. The summed E-state index contributed by atoms with van der Waals surface area (Å²) >= 11 is 0. The number of nitro benzene ring substituents is 2. The van der Waals surface area contributed by atoms with Gasteiger partial charge in [0.2, 0.25) is 0 Å². The lowest BCUT2D eigenvalue weighted by Crippen LogP contribution is -2.01. The van der Waals surface area contributed by atoms with Crippen molar-refractivity contribution in [1.29, 1.82) is 0 Å². The van der Waals surface area contributed by atoms with Crippen molar-refractivity contribution >= 4 is 11.4 Å². The van der Waals surface area contributed by atoms with E-state index in [0.717, 1.165) is 18.2 Å². The van der Waals surface area contributed by atoms with E-state index in [1.54, 1.807) is 6.07 Å². The molecule has 0 radical (unpaired) electrons. The molecule has 21 heavy (non-hydrogen) atoms. The van der Waals surface area contributed by atoms with Crippen molar-refractivity contribution in [2.45, 2.75) is 6.61 Å². The largest absolute Gasteiger partial charge is 0.482 e. The fourth-order valence-electron chi connectivity index (χ4n) is 1.66. The van der Waals surface area contributed by atoms with Crippen LogP contribution in [0.15, 0.2) is 42.5 Å². The van der Waals surface area contributed by atoms with Crippen molar-refractivity contribution in [2.24, 2.45) is 0 Å². The van der Waals surface area contributed by atoms with Crippen LogP contribution in [-0.2, 0) is 6.61 Å². The summed E-state index contributed by atoms with van der Waals surface area (Å²) in [7, 11) is 0. The van der Waals surface area contributed by atoms with Gasteiger partial charge in [0.05, 0.1) is 15.9 Å². The van der Waals surface area contributed by atoms with Gasteiger partial charge in [-0.3, -0.25) is 20.2 Å². The van der Waals surface area contributed by atoms with Crippen LogP contribution in [0.3, 0.4) is 0 Å². The first-order chi connectivity index (χ1) is 9.99. The van der Waals surface area contributed by atoms with Crippen LogP contribution in [0.1, 0.15) is 5.56 Å². The van der Waals surface area contributed by atoms with Crippen LogP contribution in [0.5, 0.6) is 5.75 Å². The summed E-state index contributed by atoms with van der Waals surface area (Å²) in [5.74, 6) is -0.657. The summed E-state index contributed by atoms with van der Waals surface area (Å²) in [6, 6.07) is 8.84. The fraction of sp³-hybridized carbons (Fsp3) is 0.0769. The molecule has 2 aromatic rings. The number of rotatable bonds is 5. The average Bonchev–Trinajstić information content (AvgIpc) is 2.46. The fourth-order valence-corrected chi connectivity index (χ4v) is 1.66. The topological polar surface area (TPSA) is 95.5 Å². The van der Waals surface area contributed by atoms with E-state index in [0.29, 0.717) is 0 Å². The predicted molar refractivity (Wildman–Crippen MR) is 70.5 cm³/mol. The summed E-state index contributed by atoms with van der Waals surface area (Å²) in [6.07, 6.45) is 0. The van der Waals surface area contributed by atoms with E-state index in [2.05, 4.69) is 0 Å². The number of ether oxygens (including phenoxy) is 1. The number of hydrogen-bond donors (Lipinski definition) is 0. The highest BCUT2D eigenvalue weighted by atomic mass is 19.1. The molecule has 0 aliphatic rings. The second-order valence-corrected chi connectivity index (χ2v) is 4.05. The molecule has 0 saturated carbocycles. The Kier molecular flexibility index (Phi) is 4.07. The van der Waals surface area contributed by atoms with Crippen molar-refractivity contribution in [3.8, 4) is 5.75 Å². The molecule has 0 spiro atoms. The van der Waals surface area contributed by atoms with Crippen molar-refractivity contribution in [1.82, 2.24) is 0 Å². The van der Waals surface area contributed by atoms with Gasteiger partial charge in [-0.25, -0.2) is 4.39 Å². The maximum Gasteiger partial charge on any atom is 0.317 e. The van der Waals surface area contributed by atoms with Gasteiger partial charge >= 0.3 is 5.69 Å². The quantitative estimate of drug-likeness (QED) is 0.622. The molecular weight excluding hydrogens is 283 g/mol. The highest BCUT2D eigenvalue weighted by Crippen LogP contribution is 2.31. The Balaban J connectivity index is 2.26. The molecule has 0 aromatic heterocycles.